The molecule has 0 aromatic rings. The Balaban J connectivity index is 2.67. The maximum atomic E-state index is 11.6. The zero-order valence-corrected chi connectivity index (χ0v) is 7.60. The summed E-state index contributed by atoms with van der Waals surface area (Å²) in [5.74, 6) is 0.171. The minimum absolute atomic E-state index is 0.105. The standard InChI is InChI=1S/C10H15NO/c1-2-10(6-3-4-7-10)9(12)5-8-11/h2-7H2,1H3. The molecule has 0 aromatic heterocycles. The van der Waals surface area contributed by atoms with Crippen LogP contribution in [0.1, 0.15) is 45.4 Å². The molecule has 1 saturated carbocycles. The third-order valence-electron chi connectivity index (χ3n) is 3.07. The predicted molar refractivity (Wildman–Crippen MR) is 46.4 cm³/mol. The molecule has 0 bridgehead atoms. The Morgan fingerprint density at radius 2 is 2.08 bits per heavy atom. The van der Waals surface area contributed by atoms with E-state index >= 15 is 0 Å². The summed E-state index contributed by atoms with van der Waals surface area (Å²) in [4.78, 5) is 11.6. The molecule has 66 valence electrons. The molecule has 0 aliphatic heterocycles. The molecule has 0 amide bonds. The summed E-state index contributed by atoms with van der Waals surface area (Å²) in [6.07, 6.45) is 5.34. The highest BCUT2D eigenvalue weighted by atomic mass is 16.1. The van der Waals surface area contributed by atoms with Gasteiger partial charge in [0.15, 0.2) is 5.78 Å². The number of Topliss-reactive ketones (excluding diaryl/α,β-unsaturated/α-hetero) is 1. The predicted octanol–water partition coefficient (Wildman–Crippen LogP) is 2.44. The van der Waals surface area contributed by atoms with Crippen LogP contribution in [0.2, 0.25) is 0 Å². The molecule has 0 spiro atoms. The van der Waals surface area contributed by atoms with Crippen molar-refractivity contribution in [1.82, 2.24) is 0 Å². The zero-order valence-electron chi connectivity index (χ0n) is 7.60. The number of ketones is 1. The maximum Gasteiger partial charge on any atom is 0.153 e. The lowest BCUT2D eigenvalue weighted by atomic mass is 9.78. The summed E-state index contributed by atoms with van der Waals surface area (Å²) in [7, 11) is 0. The first kappa shape index (κ1) is 9.25. The summed E-state index contributed by atoms with van der Waals surface area (Å²) in [6, 6.07) is 1.95. The van der Waals surface area contributed by atoms with Gasteiger partial charge >= 0.3 is 0 Å². The molecule has 0 unspecified atom stereocenters. The van der Waals surface area contributed by atoms with Crippen LogP contribution in [-0.4, -0.2) is 5.78 Å². The average molecular weight is 165 g/mol. The molecule has 0 N–H and O–H groups in total. The highest BCUT2D eigenvalue weighted by Gasteiger charge is 2.38. The highest BCUT2D eigenvalue weighted by molar-refractivity contribution is 5.86. The molecule has 12 heavy (non-hydrogen) atoms. The summed E-state index contributed by atoms with van der Waals surface area (Å²) in [5.41, 5.74) is -0.115. The second-order valence-electron chi connectivity index (χ2n) is 3.60. The third kappa shape index (κ3) is 1.50. The smallest absolute Gasteiger partial charge is 0.153 e. The van der Waals surface area contributed by atoms with Crippen molar-refractivity contribution in [2.75, 3.05) is 0 Å². The van der Waals surface area contributed by atoms with E-state index in [1.807, 2.05) is 6.07 Å². The lowest BCUT2D eigenvalue weighted by Gasteiger charge is -2.24. The van der Waals surface area contributed by atoms with Crippen molar-refractivity contribution in [3.8, 4) is 6.07 Å². The van der Waals surface area contributed by atoms with Crippen molar-refractivity contribution in [3.05, 3.63) is 0 Å². The van der Waals surface area contributed by atoms with Crippen LogP contribution in [0.15, 0.2) is 0 Å². The molecule has 0 saturated heterocycles. The van der Waals surface area contributed by atoms with Crippen LogP contribution in [0.25, 0.3) is 0 Å². The number of nitriles is 1. The van der Waals surface area contributed by atoms with Gasteiger partial charge < -0.3 is 0 Å². The number of hydrogen-bond donors (Lipinski definition) is 0. The van der Waals surface area contributed by atoms with Gasteiger partial charge in [-0.1, -0.05) is 19.8 Å². The fourth-order valence-electron chi connectivity index (χ4n) is 2.14. The van der Waals surface area contributed by atoms with E-state index in [1.54, 1.807) is 0 Å². The highest BCUT2D eigenvalue weighted by Crippen LogP contribution is 2.42. The van der Waals surface area contributed by atoms with Gasteiger partial charge in [-0.3, -0.25) is 4.79 Å². The quantitative estimate of drug-likeness (QED) is 0.644. The Morgan fingerprint density at radius 3 is 2.50 bits per heavy atom. The van der Waals surface area contributed by atoms with Gasteiger partial charge in [-0.05, 0) is 19.3 Å². The second kappa shape index (κ2) is 3.71. The first-order valence-corrected chi connectivity index (χ1v) is 4.65. The van der Waals surface area contributed by atoms with E-state index in [0.29, 0.717) is 0 Å². The fourth-order valence-corrected chi connectivity index (χ4v) is 2.14. The molecule has 2 nitrogen and oxygen atoms in total. The largest absolute Gasteiger partial charge is 0.298 e. The van der Waals surface area contributed by atoms with Crippen LogP contribution < -0.4 is 0 Å². The van der Waals surface area contributed by atoms with Crippen LogP contribution in [0.3, 0.4) is 0 Å². The summed E-state index contributed by atoms with van der Waals surface area (Å²) in [6.45, 7) is 2.06. The van der Waals surface area contributed by atoms with Crippen LogP contribution in [0.5, 0.6) is 0 Å². The molecule has 1 aliphatic carbocycles. The molecule has 0 heterocycles. The summed E-state index contributed by atoms with van der Waals surface area (Å²) in [5, 5.41) is 8.44. The SMILES string of the molecule is CCC1(C(=O)CC#N)CCCC1. The maximum absolute atomic E-state index is 11.6. The molecule has 0 radical (unpaired) electrons. The van der Waals surface area contributed by atoms with Crippen LogP contribution in [0, 0.1) is 16.7 Å². The van der Waals surface area contributed by atoms with Gasteiger partial charge in [0, 0.05) is 5.41 Å². The summed E-state index contributed by atoms with van der Waals surface area (Å²) >= 11 is 0. The normalized spacial score (nSPS) is 20.3. The molecule has 1 fully saturated rings. The molecule has 1 aliphatic rings. The number of carbonyl (C=O) groups is 1. The number of nitrogens with zero attached hydrogens (tertiary/aromatic N) is 1. The molecule has 1 rings (SSSR count). The van der Waals surface area contributed by atoms with Crippen molar-refractivity contribution < 1.29 is 4.79 Å². The van der Waals surface area contributed by atoms with Crippen molar-refractivity contribution in [2.24, 2.45) is 5.41 Å². The Kier molecular flexibility index (Phi) is 2.86. The first-order chi connectivity index (χ1) is 5.75. The lowest BCUT2D eigenvalue weighted by Crippen LogP contribution is -2.26. The minimum Gasteiger partial charge on any atom is -0.298 e. The van der Waals surface area contributed by atoms with E-state index in [4.69, 9.17) is 5.26 Å². The van der Waals surface area contributed by atoms with Crippen LogP contribution in [-0.2, 0) is 4.79 Å². The van der Waals surface area contributed by atoms with Crippen molar-refractivity contribution in [3.63, 3.8) is 0 Å². The van der Waals surface area contributed by atoms with Gasteiger partial charge in [-0.25, -0.2) is 0 Å². The Morgan fingerprint density at radius 1 is 1.50 bits per heavy atom. The van der Waals surface area contributed by atoms with Crippen LogP contribution in [0.4, 0.5) is 0 Å². The average Bonchev–Trinajstić information content (AvgIpc) is 2.54. The van der Waals surface area contributed by atoms with Gasteiger partial charge in [-0.15, -0.1) is 0 Å². The number of hydrogen-bond acceptors (Lipinski definition) is 2. The van der Waals surface area contributed by atoms with Crippen LogP contribution >= 0.6 is 0 Å². The van der Waals surface area contributed by atoms with E-state index in [9.17, 15) is 4.79 Å². The molecule has 2 heteroatoms. The van der Waals surface area contributed by atoms with E-state index in [1.165, 1.54) is 0 Å². The lowest BCUT2D eigenvalue weighted by molar-refractivity contribution is -0.127. The van der Waals surface area contributed by atoms with Gasteiger partial charge in [0.05, 0.1) is 12.5 Å². The van der Waals surface area contributed by atoms with Gasteiger partial charge in [0.2, 0.25) is 0 Å². The minimum atomic E-state index is -0.115. The van der Waals surface area contributed by atoms with E-state index in [0.717, 1.165) is 32.1 Å². The first-order valence-electron chi connectivity index (χ1n) is 4.65. The van der Waals surface area contributed by atoms with Gasteiger partial charge in [0.25, 0.3) is 0 Å². The molecule has 0 atom stereocenters. The monoisotopic (exact) mass is 165 g/mol. The van der Waals surface area contributed by atoms with Crippen molar-refractivity contribution in [1.29, 1.82) is 5.26 Å². The summed E-state index contributed by atoms with van der Waals surface area (Å²) < 4.78 is 0. The Bertz CT molecular complexity index is 208. The molecular formula is C10H15NO. The van der Waals surface area contributed by atoms with Gasteiger partial charge in [-0.2, -0.15) is 5.26 Å². The third-order valence-corrected chi connectivity index (χ3v) is 3.07. The Labute approximate surface area is 73.6 Å². The number of carbonyl (C=O) groups excluding carboxylic acids is 1. The van der Waals surface area contributed by atoms with E-state index in [2.05, 4.69) is 6.92 Å². The fraction of sp³-hybridized carbons (Fsp3) is 0.800. The zero-order chi connectivity index (χ0) is 9.03. The molecular weight excluding hydrogens is 150 g/mol. The van der Waals surface area contributed by atoms with E-state index < -0.39 is 0 Å². The van der Waals surface area contributed by atoms with Crippen molar-refractivity contribution in [2.45, 2.75) is 45.4 Å². The second-order valence-corrected chi connectivity index (χ2v) is 3.60. The molecule has 0 aromatic carbocycles. The topological polar surface area (TPSA) is 40.9 Å². The Hall–Kier alpha value is -0.840. The van der Waals surface area contributed by atoms with Gasteiger partial charge in [0.1, 0.15) is 0 Å². The van der Waals surface area contributed by atoms with Crippen molar-refractivity contribution >= 4 is 5.78 Å². The number of rotatable bonds is 3. The van der Waals surface area contributed by atoms with E-state index in [-0.39, 0.29) is 17.6 Å².